The molecule has 0 aliphatic rings. The summed E-state index contributed by atoms with van der Waals surface area (Å²) < 4.78 is 7.53. The maximum absolute atomic E-state index is 12.7. The average molecular weight is 488 g/mol. The molecule has 0 saturated carbocycles. The number of halogens is 1. The predicted molar refractivity (Wildman–Crippen MR) is 131 cm³/mol. The van der Waals surface area contributed by atoms with Gasteiger partial charge in [0.1, 0.15) is 12.3 Å². The molecule has 0 fully saturated rings. The Balaban J connectivity index is 1.65. The van der Waals surface area contributed by atoms with E-state index in [1.165, 1.54) is 0 Å². The molecule has 0 bridgehead atoms. The quantitative estimate of drug-likeness (QED) is 0.435. The van der Waals surface area contributed by atoms with Crippen LogP contribution < -0.4 is 10.1 Å². The number of aromatic nitrogens is 3. The zero-order chi connectivity index (χ0) is 24.0. The number of carbonyl (C=O) groups excluding carboxylic acids is 2. The normalized spacial score (nSPS) is 10.7. The molecule has 174 valence electrons. The molecule has 1 aromatic heterocycles. The molecule has 8 nitrogen and oxygen atoms in total. The monoisotopic (exact) mass is 487 g/mol. The summed E-state index contributed by atoms with van der Waals surface area (Å²) in [6.07, 6.45) is 0. The second-order valence-corrected chi connectivity index (χ2v) is 8.15. The van der Waals surface area contributed by atoms with Crippen LogP contribution in [0.15, 0.2) is 42.5 Å². The molecule has 0 radical (unpaired) electrons. The smallest absolute Gasteiger partial charge is 0.260 e. The van der Waals surface area contributed by atoms with Crippen LogP contribution in [0, 0.1) is 11.7 Å². The summed E-state index contributed by atoms with van der Waals surface area (Å²) in [7, 11) is 0. The molecule has 0 aliphatic carbocycles. The molecule has 0 atom stereocenters. The number of hydrogen-bond donors (Lipinski definition) is 2. The summed E-state index contributed by atoms with van der Waals surface area (Å²) in [6.45, 7) is 6.92. The fraction of sp³-hybridized carbons (Fsp3) is 0.304. The Labute approximate surface area is 202 Å². The molecule has 0 unspecified atom stereocenters. The van der Waals surface area contributed by atoms with E-state index in [1.807, 2.05) is 45.0 Å². The molecule has 2 aromatic carbocycles. The summed E-state index contributed by atoms with van der Waals surface area (Å²) in [6, 6.07) is 12.7. The van der Waals surface area contributed by atoms with Crippen LogP contribution in [-0.4, -0.2) is 51.2 Å². The van der Waals surface area contributed by atoms with E-state index < -0.39 is 0 Å². The molecule has 0 aliphatic heterocycles. The van der Waals surface area contributed by atoms with Gasteiger partial charge >= 0.3 is 0 Å². The van der Waals surface area contributed by atoms with Gasteiger partial charge in [-0.1, -0.05) is 41.4 Å². The highest BCUT2D eigenvalue weighted by molar-refractivity contribution is 7.71. The fourth-order valence-corrected chi connectivity index (χ4v) is 3.67. The number of carbonyl (C=O) groups is 2. The zero-order valence-corrected chi connectivity index (χ0v) is 20.3. The van der Waals surface area contributed by atoms with Gasteiger partial charge < -0.3 is 15.0 Å². The lowest BCUT2D eigenvalue weighted by molar-refractivity contribution is -0.133. The maximum atomic E-state index is 12.7. The van der Waals surface area contributed by atoms with Gasteiger partial charge in [0.05, 0.1) is 5.02 Å². The minimum Gasteiger partial charge on any atom is -0.482 e. The van der Waals surface area contributed by atoms with Crippen LogP contribution >= 0.6 is 23.8 Å². The van der Waals surface area contributed by atoms with Crippen LogP contribution in [0.5, 0.6) is 5.75 Å². The van der Waals surface area contributed by atoms with E-state index in [1.54, 1.807) is 27.7 Å². The lowest BCUT2D eigenvalue weighted by atomic mass is 10.1. The molecule has 10 heteroatoms. The van der Waals surface area contributed by atoms with Crippen LogP contribution in [0.2, 0.25) is 5.02 Å². The number of anilines is 1. The van der Waals surface area contributed by atoms with Crippen molar-refractivity contribution in [3.63, 3.8) is 0 Å². The molecular formula is C23H26ClN5O3S. The number of aromatic amines is 1. The molecule has 0 spiro atoms. The van der Waals surface area contributed by atoms with E-state index in [4.69, 9.17) is 28.6 Å². The van der Waals surface area contributed by atoms with Gasteiger partial charge in [-0.2, -0.15) is 5.10 Å². The Morgan fingerprint density at radius 3 is 2.52 bits per heavy atom. The summed E-state index contributed by atoms with van der Waals surface area (Å²) in [5.74, 6) is 0.542. The Hall–Kier alpha value is -3.17. The molecule has 3 rings (SSSR count). The Morgan fingerprint density at radius 1 is 1.18 bits per heavy atom. The van der Waals surface area contributed by atoms with Gasteiger partial charge in [-0.25, -0.2) is 0 Å². The van der Waals surface area contributed by atoms with E-state index in [9.17, 15) is 9.59 Å². The number of H-pyrrole nitrogens is 1. The lowest BCUT2D eigenvalue weighted by Gasteiger charge is -2.19. The zero-order valence-electron chi connectivity index (χ0n) is 18.7. The van der Waals surface area contributed by atoms with Crippen molar-refractivity contribution in [2.75, 3.05) is 25.0 Å². The van der Waals surface area contributed by atoms with Crippen molar-refractivity contribution in [2.24, 2.45) is 0 Å². The van der Waals surface area contributed by atoms with Crippen molar-refractivity contribution >= 4 is 41.3 Å². The summed E-state index contributed by atoms with van der Waals surface area (Å²) in [5.41, 5.74) is 2.47. The Kier molecular flexibility index (Phi) is 8.24. The van der Waals surface area contributed by atoms with Crippen molar-refractivity contribution in [2.45, 2.75) is 27.3 Å². The van der Waals surface area contributed by atoms with Crippen molar-refractivity contribution in [3.05, 3.63) is 57.8 Å². The Morgan fingerprint density at radius 2 is 1.88 bits per heavy atom. The van der Waals surface area contributed by atoms with Crippen LogP contribution in [0.25, 0.3) is 11.4 Å². The molecule has 3 aromatic rings. The second kappa shape index (κ2) is 11.1. The number of nitrogens with zero attached hydrogens (tertiary/aromatic N) is 3. The number of hydrogen-bond acceptors (Lipinski definition) is 5. The first kappa shape index (κ1) is 24.5. The van der Waals surface area contributed by atoms with Crippen LogP contribution in [0.1, 0.15) is 19.4 Å². The fourth-order valence-electron chi connectivity index (χ4n) is 3.23. The van der Waals surface area contributed by atoms with Crippen LogP contribution in [0.3, 0.4) is 0 Å². The number of likely N-dealkylation sites (N-methyl/N-ethyl adjacent to an activating group) is 1. The van der Waals surface area contributed by atoms with Gasteiger partial charge in [0, 0.05) is 24.3 Å². The van der Waals surface area contributed by atoms with Gasteiger partial charge in [-0.15, -0.1) is 0 Å². The maximum Gasteiger partial charge on any atom is 0.260 e. The summed E-state index contributed by atoms with van der Waals surface area (Å²) >= 11 is 11.6. The number of ether oxygens (including phenoxy) is 1. The van der Waals surface area contributed by atoms with Crippen molar-refractivity contribution in [3.8, 4) is 17.1 Å². The van der Waals surface area contributed by atoms with Crippen molar-refractivity contribution < 1.29 is 14.3 Å². The highest BCUT2D eigenvalue weighted by Crippen LogP contribution is 2.28. The van der Waals surface area contributed by atoms with Crippen molar-refractivity contribution in [1.82, 2.24) is 19.7 Å². The number of aryl methyl sites for hydroxylation is 1. The average Bonchev–Trinajstić information content (AvgIpc) is 3.14. The lowest BCUT2D eigenvalue weighted by Crippen LogP contribution is -2.34. The SMILES string of the molecule is CCN(CC)C(=O)COc1ccc(NC(=O)Cn2c(-c3ccc(C)cc3)n[nH]c2=S)cc1Cl. The summed E-state index contributed by atoms with van der Waals surface area (Å²) in [5, 5.41) is 10.1. The number of benzene rings is 2. The molecule has 2 N–H and O–H groups in total. The van der Waals surface area contributed by atoms with Gasteiger partial charge in [0.25, 0.3) is 5.91 Å². The van der Waals surface area contributed by atoms with E-state index in [0.29, 0.717) is 40.1 Å². The van der Waals surface area contributed by atoms with Gasteiger partial charge in [0.15, 0.2) is 17.2 Å². The minimum atomic E-state index is -0.290. The molecule has 1 heterocycles. The summed E-state index contributed by atoms with van der Waals surface area (Å²) in [4.78, 5) is 26.5. The first-order valence-electron chi connectivity index (χ1n) is 10.5. The topological polar surface area (TPSA) is 92.2 Å². The van der Waals surface area contributed by atoms with Crippen LogP contribution in [-0.2, 0) is 16.1 Å². The molecular weight excluding hydrogens is 462 g/mol. The standard InChI is InChI=1S/C23H26ClN5O3S/c1-4-28(5-2)21(31)14-32-19-11-10-17(12-18(19)24)25-20(30)13-29-22(26-27-23(29)33)16-8-6-15(3)7-9-16/h6-12H,4-5,13-14H2,1-3H3,(H,25,30)(H,27,33). The first-order valence-corrected chi connectivity index (χ1v) is 11.3. The minimum absolute atomic E-state index is 0.0210. The highest BCUT2D eigenvalue weighted by atomic mass is 35.5. The third kappa shape index (κ3) is 6.21. The van der Waals surface area contributed by atoms with Gasteiger partial charge in [0.2, 0.25) is 5.91 Å². The highest BCUT2D eigenvalue weighted by Gasteiger charge is 2.14. The second-order valence-electron chi connectivity index (χ2n) is 7.35. The molecule has 2 amide bonds. The van der Waals surface area contributed by atoms with Crippen LogP contribution in [0.4, 0.5) is 5.69 Å². The number of amides is 2. The largest absolute Gasteiger partial charge is 0.482 e. The third-order valence-electron chi connectivity index (χ3n) is 5.05. The predicted octanol–water partition coefficient (Wildman–Crippen LogP) is 4.46. The molecule has 0 saturated heterocycles. The third-order valence-corrected chi connectivity index (χ3v) is 5.66. The van der Waals surface area contributed by atoms with E-state index in [-0.39, 0.29) is 25.0 Å². The number of rotatable bonds is 9. The Bertz CT molecular complexity index is 1190. The first-order chi connectivity index (χ1) is 15.8. The van der Waals surface area contributed by atoms with Crippen molar-refractivity contribution in [1.29, 1.82) is 0 Å². The van der Waals surface area contributed by atoms with E-state index in [2.05, 4.69) is 15.5 Å². The number of nitrogens with one attached hydrogen (secondary N) is 2. The van der Waals surface area contributed by atoms with E-state index >= 15 is 0 Å². The van der Waals surface area contributed by atoms with Gasteiger partial charge in [-0.05, 0) is 51.2 Å². The van der Waals surface area contributed by atoms with E-state index in [0.717, 1.165) is 11.1 Å². The van der Waals surface area contributed by atoms with Gasteiger partial charge in [-0.3, -0.25) is 19.3 Å². The molecule has 33 heavy (non-hydrogen) atoms.